The monoisotopic (exact) mass is 404 g/mol. The van der Waals surface area contributed by atoms with E-state index in [4.69, 9.17) is 19.6 Å². The van der Waals surface area contributed by atoms with Crippen LogP contribution in [0.15, 0.2) is 36.5 Å². The summed E-state index contributed by atoms with van der Waals surface area (Å²) in [5, 5.41) is 8.83. The molecule has 3 aliphatic rings. The molecule has 29 heavy (non-hydrogen) atoms. The number of ether oxygens (including phenoxy) is 1. The molecule has 1 aliphatic carbocycles. The molecule has 0 radical (unpaired) electrons. The third-order valence-corrected chi connectivity index (χ3v) is 6.19. The number of hydrogen-bond donors (Lipinski definition) is 1. The van der Waals surface area contributed by atoms with Gasteiger partial charge < -0.3 is 9.84 Å². The Morgan fingerprint density at radius 1 is 0.828 bits per heavy atom. The molecule has 2 aliphatic heterocycles. The minimum atomic E-state index is -0.843. The molecule has 0 aromatic carbocycles. The summed E-state index contributed by atoms with van der Waals surface area (Å²) >= 11 is 0. The van der Waals surface area contributed by atoms with Crippen molar-refractivity contribution in [3.05, 3.63) is 36.5 Å². The maximum absolute atomic E-state index is 10.8. The van der Waals surface area contributed by atoms with Crippen molar-refractivity contribution in [1.29, 1.82) is 0 Å². The Labute approximate surface area is 174 Å². The number of carboxylic acids is 1. The van der Waals surface area contributed by atoms with Gasteiger partial charge in [-0.15, -0.1) is 0 Å². The summed E-state index contributed by atoms with van der Waals surface area (Å²) in [5.41, 5.74) is 0. The lowest BCUT2D eigenvalue weighted by molar-refractivity contribution is -0.385. The molecule has 0 amide bonds. The average Bonchev–Trinajstić information content (AvgIpc) is 3.15. The molecule has 0 aromatic heterocycles. The van der Waals surface area contributed by atoms with Gasteiger partial charge >= 0.3 is 5.97 Å². The van der Waals surface area contributed by atoms with Crippen molar-refractivity contribution >= 4 is 5.97 Å². The van der Waals surface area contributed by atoms with Crippen LogP contribution in [0.25, 0.3) is 0 Å². The van der Waals surface area contributed by atoms with Crippen LogP contribution in [0.3, 0.4) is 0 Å². The van der Waals surface area contributed by atoms with Crippen LogP contribution in [0, 0.1) is 5.92 Å². The van der Waals surface area contributed by atoms with Crippen LogP contribution in [0.2, 0.25) is 0 Å². The van der Waals surface area contributed by atoms with Crippen LogP contribution in [-0.2, 0) is 19.3 Å². The SMILES string of the molecule is O=C(O)C[C@@H]1CC[C@@H]([C@@H]2CC[C@@H](CCCCCC[C@@H]3\C=C/C=C\C=C/C3)O2)OO1. The van der Waals surface area contributed by atoms with Crippen LogP contribution < -0.4 is 0 Å². The van der Waals surface area contributed by atoms with E-state index >= 15 is 0 Å². The van der Waals surface area contributed by atoms with Gasteiger partial charge in [0.1, 0.15) is 12.2 Å². The fourth-order valence-electron chi connectivity index (χ4n) is 4.50. The zero-order valence-corrected chi connectivity index (χ0v) is 17.4. The molecule has 0 spiro atoms. The minimum absolute atomic E-state index is 0.00561. The standard InChI is InChI=1S/C24H36O5/c25-24(26)18-21-15-17-23(29-28-21)22-16-14-20(27-22)13-9-5-4-8-12-19-10-6-2-1-3-7-11-19/h1-3,6-7,10,19-23H,4-5,8-9,11-18H2,(H,25,26)/b2-1-,7-3-,10-6-/t19-,20-,21+,22+,23+/m1/s1. The lowest BCUT2D eigenvalue weighted by Crippen LogP contribution is -2.37. The van der Waals surface area contributed by atoms with Gasteiger partial charge in [0, 0.05) is 0 Å². The zero-order valence-electron chi connectivity index (χ0n) is 17.4. The second kappa shape index (κ2) is 12.3. The second-order valence-corrected chi connectivity index (χ2v) is 8.59. The van der Waals surface area contributed by atoms with E-state index in [1.54, 1.807) is 0 Å². The van der Waals surface area contributed by atoms with Gasteiger partial charge in [0.05, 0.1) is 18.6 Å². The van der Waals surface area contributed by atoms with Gasteiger partial charge in [-0.05, 0) is 50.9 Å². The molecule has 1 N–H and O–H groups in total. The largest absolute Gasteiger partial charge is 0.481 e. The molecule has 5 atom stereocenters. The van der Waals surface area contributed by atoms with Crippen molar-refractivity contribution in [1.82, 2.24) is 0 Å². The van der Waals surface area contributed by atoms with Gasteiger partial charge in [-0.2, -0.15) is 0 Å². The van der Waals surface area contributed by atoms with E-state index in [1.165, 1.54) is 32.1 Å². The first kappa shape index (κ1) is 22.3. The third-order valence-electron chi connectivity index (χ3n) is 6.19. The molecule has 0 saturated carbocycles. The molecule has 162 valence electrons. The summed E-state index contributed by atoms with van der Waals surface area (Å²) in [6.45, 7) is 0. The molecule has 2 heterocycles. The van der Waals surface area contributed by atoms with Gasteiger partial charge in [-0.1, -0.05) is 62.1 Å². The Hall–Kier alpha value is -1.43. The summed E-state index contributed by atoms with van der Waals surface area (Å²) in [4.78, 5) is 21.5. The highest BCUT2D eigenvalue weighted by atomic mass is 17.2. The summed E-state index contributed by atoms with van der Waals surface area (Å²) in [7, 11) is 0. The van der Waals surface area contributed by atoms with E-state index in [-0.39, 0.29) is 24.7 Å². The normalized spacial score (nSPS) is 35.5. The topological polar surface area (TPSA) is 65.0 Å². The van der Waals surface area contributed by atoms with Crippen LogP contribution >= 0.6 is 0 Å². The van der Waals surface area contributed by atoms with Crippen molar-refractivity contribution in [2.75, 3.05) is 0 Å². The van der Waals surface area contributed by atoms with E-state index in [0.717, 1.165) is 38.5 Å². The predicted molar refractivity (Wildman–Crippen MR) is 112 cm³/mol. The fourth-order valence-corrected chi connectivity index (χ4v) is 4.50. The van der Waals surface area contributed by atoms with Crippen molar-refractivity contribution in [2.45, 2.75) is 101 Å². The van der Waals surface area contributed by atoms with Crippen molar-refractivity contribution in [2.24, 2.45) is 5.92 Å². The molecule has 3 rings (SSSR count). The number of unbranched alkanes of at least 4 members (excludes halogenated alkanes) is 3. The maximum atomic E-state index is 10.8. The van der Waals surface area contributed by atoms with E-state index in [0.29, 0.717) is 12.0 Å². The maximum Gasteiger partial charge on any atom is 0.306 e. The van der Waals surface area contributed by atoms with Gasteiger partial charge in [0.25, 0.3) is 0 Å². The van der Waals surface area contributed by atoms with Crippen LogP contribution in [0.5, 0.6) is 0 Å². The van der Waals surface area contributed by atoms with E-state index in [2.05, 4.69) is 36.5 Å². The van der Waals surface area contributed by atoms with Gasteiger partial charge in [-0.25, -0.2) is 9.78 Å². The summed E-state index contributed by atoms with van der Waals surface area (Å²) in [6.07, 6.45) is 25.5. The Kier molecular flexibility index (Phi) is 9.45. The highest BCUT2D eigenvalue weighted by molar-refractivity contribution is 5.67. The third kappa shape index (κ3) is 8.07. The number of allylic oxidation sites excluding steroid dienone is 6. The molecule has 0 bridgehead atoms. The highest BCUT2D eigenvalue weighted by Gasteiger charge is 2.36. The first-order valence-electron chi connectivity index (χ1n) is 11.4. The molecule has 5 heteroatoms. The lowest BCUT2D eigenvalue weighted by atomic mass is 9.95. The minimum Gasteiger partial charge on any atom is -0.481 e. The van der Waals surface area contributed by atoms with Crippen molar-refractivity contribution in [3.8, 4) is 0 Å². The average molecular weight is 405 g/mol. The molecular formula is C24H36O5. The Bertz CT molecular complexity index is 574. The van der Waals surface area contributed by atoms with Crippen LogP contribution in [0.1, 0.15) is 77.0 Å². The lowest BCUT2D eigenvalue weighted by Gasteiger charge is -2.30. The van der Waals surface area contributed by atoms with Gasteiger partial charge in [-0.3, -0.25) is 4.79 Å². The predicted octanol–water partition coefficient (Wildman–Crippen LogP) is 5.52. The summed E-state index contributed by atoms with van der Waals surface area (Å²) in [6, 6.07) is 0. The Morgan fingerprint density at radius 2 is 1.59 bits per heavy atom. The van der Waals surface area contributed by atoms with Crippen LogP contribution in [0.4, 0.5) is 0 Å². The highest BCUT2D eigenvalue weighted by Crippen LogP contribution is 2.32. The summed E-state index contributed by atoms with van der Waals surface area (Å²) in [5.74, 6) is -0.160. The molecule has 2 fully saturated rings. The molecular weight excluding hydrogens is 368 g/mol. The van der Waals surface area contributed by atoms with E-state index in [9.17, 15) is 4.79 Å². The smallest absolute Gasteiger partial charge is 0.306 e. The van der Waals surface area contributed by atoms with E-state index < -0.39 is 5.97 Å². The summed E-state index contributed by atoms with van der Waals surface area (Å²) < 4.78 is 6.20. The number of carbonyl (C=O) groups is 1. The van der Waals surface area contributed by atoms with Gasteiger partial charge in [0.2, 0.25) is 0 Å². The Balaban J connectivity index is 1.22. The number of aliphatic carboxylic acids is 1. The quantitative estimate of drug-likeness (QED) is 0.384. The van der Waals surface area contributed by atoms with Crippen molar-refractivity contribution in [3.63, 3.8) is 0 Å². The van der Waals surface area contributed by atoms with Crippen molar-refractivity contribution < 1.29 is 24.4 Å². The first-order valence-corrected chi connectivity index (χ1v) is 11.4. The number of carboxylic acid groups (broad SMARTS) is 1. The van der Waals surface area contributed by atoms with Crippen LogP contribution in [-0.4, -0.2) is 35.5 Å². The molecule has 2 saturated heterocycles. The Morgan fingerprint density at radius 3 is 2.38 bits per heavy atom. The second-order valence-electron chi connectivity index (χ2n) is 8.59. The molecule has 0 unspecified atom stereocenters. The molecule has 5 nitrogen and oxygen atoms in total. The first-order chi connectivity index (χ1) is 14.2. The zero-order chi connectivity index (χ0) is 20.3. The fraction of sp³-hybridized carbons (Fsp3) is 0.708. The number of hydrogen-bond acceptors (Lipinski definition) is 4. The molecule has 0 aromatic rings. The van der Waals surface area contributed by atoms with E-state index in [1.807, 2.05) is 0 Å². The number of rotatable bonds is 10. The van der Waals surface area contributed by atoms with Gasteiger partial charge in [0.15, 0.2) is 0 Å².